The molecule has 1 amide bonds. The number of rotatable bonds is 4. The molecule has 1 N–H and O–H groups in total. The van der Waals surface area contributed by atoms with Gasteiger partial charge in [-0.1, -0.05) is 6.07 Å². The molecule has 7 heteroatoms. The predicted octanol–water partition coefficient (Wildman–Crippen LogP) is 2.97. The van der Waals surface area contributed by atoms with E-state index in [1.807, 2.05) is 27.0 Å². The van der Waals surface area contributed by atoms with Crippen LogP contribution in [0.5, 0.6) is 11.5 Å². The Bertz CT molecular complexity index is 877. The summed E-state index contributed by atoms with van der Waals surface area (Å²) < 4.78 is 13.4. The van der Waals surface area contributed by atoms with E-state index in [1.54, 1.807) is 4.68 Å². The molecule has 0 radical (unpaired) electrons. The van der Waals surface area contributed by atoms with E-state index in [-0.39, 0.29) is 11.9 Å². The molecule has 1 unspecified atom stereocenters. The number of amides is 1. The highest BCUT2D eigenvalue weighted by Gasteiger charge is 2.29. The average Bonchev–Trinajstić information content (AvgIpc) is 3.11. The molecular formula is C21H28N4O3. The van der Waals surface area contributed by atoms with Crippen LogP contribution in [-0.2, 0) is 11.8 Å². The van der Waals surface area contributed by atoms with Crippen molar-refractivity contribution in [2.75, 3.05) is 31.6 Å². The van der Waals surface area contributed by atoms with Crippen LogP contribution in [0.4, 0.5) is 5.69 Å². The van der Waals surface area contributed by atoms with Crippen molar-refractivity contribution in [2.24, 2.45) is 7.05 Å². The molecule has 0 aliphatic carbocycles. The third-order valence-corrected chi connectivity index (χ3v) is 5.64. The molecule has 3 heterocycles. The Balaban J connectivity index is 1.46. The summed E-state index contributed by atoms with van der Waals surface area (Å²) in [6, 6.07) is 6.40. The fraction of sp³-hybridized carbons (Fsp3) is 0.524. The van der Waals surface area contributed by atoms with E-state index in [2.05, 4.69) is 27.4 Å². The molecule has 150 valence electrons. The standard InChI is InChI=1S/C21H28N4O3/c1-14-21(15(2)24(3)23-14)22-20(26)13-25-9-4-6-17(25)16-7-8-18-19(12-16)28-11-5-10-27-18/h7-8,12,17H,4-6,9-11,13H2,1-3H3,(H,22,26). The van der Waals surface area contributed by atoms with Crippen LogP contribution < -0.4 is 14.8 Å². The Morgan fingerprint density at radius 3 is 2.75 bits per heavy atom. The number of fused-ring (bicyclic) bond motifs is 1. The zero-order valence-electron chi connectivity index (χ0n) is 16.8. The Morgan fingerprint density at radius 1 is 1.21 bits per heavy atom. The quantitative estimate of drug-likeness (QED) is 0.878. The number of aromatic nitrogens is 2. The summed E-state index contributed by atoms with van der Waals surface area (Å²) in [5, 5.41) is 7.42. The Kier molecular flexibility index (Phi) is 5.26. The van der Waals surface area contributed by atoms with Crippen molar-refractivity contribution in [1.29, 1.82) is 0 Å². The van der Waals surface area contributed by atoms with Crippen LogP contribution in [0.2, 0.25) is 0 Å². The Hall–Kier alpha value is -2.54. The van der Waals surface area contributed by atoms with Gasteiger partial charge in [0.1, 0.15) is 0 Å². The van der Waals surface area contributed by atoms with Gasteiger partial charge in [0, 0.05) is 19.5 Å². The third-order valence-electron chi connectivity index (χ3n) is 5.64. The first-order valence-corrected chi connectivity index (χ1v) is 9.96. The van der Waals surface area contributed by atoms with Gasteiger partial charge in [-0.25, -0.2) is 0 Å². The lowest BCUT2D eigenvalue weighted by molar-refractivity contribution is -0.117. The smallest absolute Gasteiger partial charge is 0.238 e. The van der Waals surface area contributed by atoms with Gasteiger partial charge in [0.25, 0.3) is 0 Å². The predicted molar refractivity (Wildman–Crippen MR) is 107 cm³/mol. The number of carbonyl (C=O) groups excluding carboxylic acids is 1. The van der Waals surface area contributed by atoms with Crippen LogP contribution in [0.1, 0.15) is 42.3 Å². The lowest BCUT2D eigenvalue weighted by atomic mass is 10.0. The molecule has 1 atom stereocenters. The molecule has 2 aliphatic rings. The summed E-state index contributed by atoms with van der Waals surface area (Å²) in [4.78, 5) is 14.9. The summed E-state index contributed by atoms with van der Waals surface area (Å²) in [7, 11) is 1.89. The molecule has 4 rings (SSSR count). The van der Waals surface area contributed by atoms with Crippen LogP contribution in [0.25, 0.3) is 0 Å². The van der Waals surface area contributed by atoms with E-state index in [0.717, 1.165) is 54.4 Å². The monoisotopic (exact) mass is 384 g/mol. The minimum Gasteiger partial charge on any atom is -0.490 e. The fourth-order valence-corrected chi connectivity index (χ4v) is 4.10. The van der Waals surface area contributed by atoms with Gasteiger partial charge >= 0.3 is 0 Å². The molecule has 0 bridgehead atoms. The molecule has 1 aromatic heterocycles. The molecule has 2 aromatic rings. The van der Waals surface area contributed by atoms with Gasteiger partial charge in [-0.15, -0.1) is 0 Å². The second kappa shape index (κ2) is 7.83. The summed E-state index contributed by atoms with van der Waals surface area (Å²) >= 11 is 0. The normalized spacial score (nSPS) is 19.5. The number of carbonyl (C=O) groups is 1. The van der Waals surface area contributed by atoms with Crippen LogP contribution in [0.3, 0.4) is 0 Å². The number of anilines is 1. The maximum Gasteiger partial charge on any atom is 0.238 e. The van der Waals surface area contributed by atoms with E-state index >= 15 is 0 Å². The number of aryl methyl sites for hydroxylation is 2. The lowest BCUT2D eigenvalue weighted by Crippen LogP contribution is -2.33. The largest absolute Gasteiger partial charge is 0.490 e. The van der Waals surface area contributed by atoms with Crippen LogP contribution in [-0.4, -0.2) is 46.9 Å². The molecule has 2 aliphatic heterocycles. The van der Waals surface area contributed by atoms with Crippen LogP contribution >= 0.6 is 0 Å². The van der Waals surface area contributed by atoms with Gasteiger partial charge in [0.2, 0.25) is 5.91 Å². The highest BCUT2D eigenvalue weighted by Crippen LogP contribution is 2.37. The number of likely N-dealkylation sites (tertiary alicyclic amines) is 1. The highest BCUT2D eigenvalue weighted by atomic mass is 16.5. The second-order valence-corrected chi connectivity index (χ2v) is 7.60. The van der Waals surface area contributed by atoms with Crippen molar-refractivity contribution >= 4 is 11.6 Å². The fourth-order valence-electron chi connectivity index (χ4n) is 4.10. The number of nitrogens with zero attached hydrogens (tertiary/aromatic N) is 3. The zero-order valence-corrected chi connectivity index (χ0v) is 16.8. The van der Waals surface area contributed by atoms with Gasteiger partial charge in [-0.2, -0.15) is 5.10 Å². The van der Waals surface area contributed by atoms with Crippen molar-refractivity contribution in [3.8, 4) is 11.5 Å². The zero-order chi connectivity index (χ0) is 19.7. The molecule has 0 spiro atoms. The SMILES string of the molecule is Cc1nn(C)c(C)c1NC(=O)CN1CCCC1c1ccc2c(c1)OCCCO2. The van der Waals surface area contributed by atoms with Gasteiger partial charge in [-0.3, -0.25) is 14.4 Å². The first-order chi connectivity index (χ1) is 13.5. The van der Waals surface area contributed by atoms with Gasteiger partial charge in [0.15, 0.2) is 11.5 Å². The van der Waals surface area contributed by atoms with E-state index in [9.17, 15) is 4.79 Å². The molecule has 7 nitrogen and oxygen atoms in total. The third kappa shape index (κ3) is 3.71. The van der Waals surface area contributed by atoms with E-state index < -0.39 is 0 Å². The summed E-state index contributed by atoms with van der Waals surface area (Å²) in [5.74, 6) is 1.62. The van der Waals surface area contributed by atoms with Crippen molar-refractivity contribution in [3.63, 3.8) is 0 Å². The van der Waals surface area contributed by atoms with Crippen molar-refractivity contribution in [2.45, 2.75) is 39.2 Å². The van der Waals surface area contributed by atoms with Crippen LogP contribution in [0.15, 0.2) is 18.2 Å². The maximum atomic E-state index is 12.7. The molecular weight excluding hydrogens is 356 g/mol. The number of benzene rings is 1. The first-order valence-electron chi connectivity index (χ1n) is 9.96. The van der Waals surface area contributed by atoms with E-state index in [1.165, 1.54) is 5.56 Å². The lowest BCUT2D eigenvalue weighted by Gasteiger charge is -2.25. The van der Waals surface area contributed by atoms with Gasteiger partial charge in [-0.05, 0) is 50.9 Å². The topological polar surface area (TPSA) is 68.6 Å². The van der Waals surface area contributed by atoms with Crippen molar-refractivity contribution in [1.82, 2.24) is 14.7 Å². The van der Waals surface area contributed by atoms with Crippen LogP contribution in [0, 0.1) is 13.8 Å². The number of ether oxygens (including phenoxy) is 2. The van der Waals surface area contributed by atoms with E-state index in [0.29, 0.717) is 19.8 Å². The van der Waals surface area contributed by atoms with Crippen molar-refractivity contribution in [3.05, 3.63) is 35.2 Å². The molecule has 28 heavy (non-hydrogen) atoms. The number of hydrogen-bond acceptors (Lipinski definition) is 5. The van der Waals surface area contributed by atoms with Gasteiger partial charge < -0.3 is 14.8 Å². The Labute approximate surface area is 165 Å². The minimum atomic E-state index is 0.000410. The molecule has 1 aromatic carbocycles. The number of hydrogen-bond donors (Lipinski definition) is 1. The maximum absolute atomic E-state index is 12.7. The summed E-state index contributed by atoms with van der Waals surface area (Å²) in [6.07, 6.45) is 3.02. The molecule has 1 saturated heterocycles. The first kappa shape index (κ1) is 18.8. The summed E-state index contributed by atoms with van der Waals surface area (Å²) in [5.41, 5.74) is 3.81. The minimum absolute atomic E-state index is 0.000410. The highest BCUT2D eigenvalue weighted by molar-refractivity contribution is 5.93. The van der Waals surface area contributed by atoms with E-state index in [4.69, 9.17) is 9.47 Å². The Morgan fingerprint density at radius 2 is 2.00 bits per heavy atom. The average molecular weight is 384 g/mol. The molecule has 1 fully saturated rings. The number of nitrogens with one attached hydrogen (secondary N) is 1. The van der Waals surface area contributed by atoms with Gasteiger partial charge in [0.05, 0.1) is 36.8 Å². The van der Waals surface area contributed by atoms with Crippen molar-refractivity contribution < 1.29 is 14.3 Å². The second-order valence-electron chi connectivity index (χ2n) is 7.60. The molecule has 0 saturated carbocycles. The summed E-state index contributed by atoms with van der Waals surface area (Å²) in [6.45, 7) is 6.53.